The third-order valence-corrected chi connectivity index (χ3v) is 13.5. The van der Waals surface area contributed by atoms with Crippen molar-refractivity contribution in [2.24, 2.45) is 17.8 Å². The number of fused-ring (bicyclic) bond motifs is 3. The first-order chi connectivity index (χ1) is 25.2. The molecular weight excluding hydrogens is 673 g/mol. The van der Waals surface area contributed by atoms with Gasteiger partial charge in [0.2, 0.25) is 0 Å². The molecule has 2 aromatic carbocycles. The van der Waals surface area contributed by atoms with Crippen LogP contribution in [0.4, 0.5) is 5.69 Å². The van der Waals surface area contributed by atoms with E-state index in [1.54, 1.807) is 6.07 Å². The molecule has 0 aromatic heterocycles. The van der Waals surface area contributed by atoms with Gasteiger partial charge in [0.1, 0.15) is 16.7 Å². The average molecular weight is 735 g/mol. The van der Waals surface area contributed by atoms with Gasteiger partial charge in [-0.2, -0.15) is 0 Å². The first-order valence-electron chi connectivity index (χ1n) is 19.8. The molecule has 5 aliphatic rings. The number of morpholine rings is 1. The Morgan fingerprint density at radius 3 is 2.63 bits per heavy atom. The van der Waals surface area contributed by atoms with E-state index in [2.05, 4.69) is 83.7 Å². The average Bonchev–Trinajstić information content (AvgIpc) is 3.32. The Balaban J connectivity index is 0.000000357. The number of benzene rings is 2. The van der Waals surface area contributed by atoms with Crippen LogP contribution in [0.3, 0.4) is 0 Å². The van der Waals surface area contributed by atoms with E-state index < -0.39 is 11.0 Å². The minimum Gasteiger partial charge on any atom is -0.491 e. The molecule has 10 heteroatoms. The molecule has 7 rings (SSSR count). The number of nitrogens with zero attached hydrogens (tertiary/aromatic N) is 3. The zero-order valence-corrected chi connectivity index (χ0v) is 33.0. The Kier molecular flexibility index (Phi) is 13.9. The van der Waals surface area contributed by atoms with Crippen molar-refractivity contribution in [2.45, 2.75) is 83.1 Å². The number of hydrogen-bond donors (Lipinski definition) is 1. The van der Waals surface area contributed by atoms with Crippen LogP contribution in [0.15, 0.2) is 54.6 Å². The summed E-state index contributed by atoms with van der Waals surface area (Å²) < 4.78 is 34.1. The fourth-order valence-electron chi connectivity index (χ4n) is 8.45. The molecule has 1 N–H and O–H groups in total. The molecule has 0 radical (unpaired) electrons. The van der Waals surface area contributed by atoms with Gasteiger partial charge in [-0.25, -0.2) is 4.21 Å². The van der Waals surface area contributed by atoms with E-state index in [0.717, 1.165) is 70.0 Å². The van der Waals surface area contributed by atoms with Crippen molar-refractivity contribution in [2.75, 3.05) is 77.6 Å². The number of piperazine rings is 1. The summed E-state index contributed by atoms with van der Waals surface area (Å²) in [5.41, 5.74) is 4.20. The van der Waals surface area contributed by atoms with E-state index in [9.17, 15) is 9.00 Å². The van der Waals surface area contributed by atoms with E-state index in [1.165, 1.54) is 37.2 Å². The summed E-state index contributed by atoms with van der Waals surface area (Å²) in [4.78, 5) is 20.7. The lowest BCUT2D eigenvalue weighted by Crippen LogP contribution is -2.56. The molecule has 0 spiro atoms. The van der Waals surface area contributed by atoms with E-state index in [-0.39, 0.29) is 29.1 Å². The third kappa shape index (κ3) is 9.48. The van der Waals surface area contributed by atoms with Gasteiger partial charge in [-0.05, 0) is 93.7 Å². The summed E-state index contributed by atoms with van der Waals surface area (Å²) in [6, 6.07) is 15.1. The third-order valence-electron chi connectivity index (χ3n) is 12.0. The molecule has 8 atom stereocenters. The molecule has 1 amide bonds. The summed E-state index contributed by atoms with van der Waals surface area (Å²) in [7, 11) is 0.695. The van der Waals surface area contributed by atoms with Gasteiger partial charge >= 0.3 is 0 Å². The van der Waals surface area contributed by atoms with Gasteiger partial charge in [0.25, 0.3) is 5.91 Å². The smallest absolute Gasteiger partial charge is 0.263 e. The van der Waals surface area contributed by atoms with Gasteiger partial charge in [0, 0.05) is 63.4 Å². The van der Waals surface area contributed by atoms with E-state index in [4.69, 9.17) is 14.2 Å². The molecule has 2 bridgehead atoms. The summed E-state index contributed by atoms with van der Waals surface area (Å²) >= 11 is 0. The van der Waals surface area contributed by atoms with Crippen LogP contribution in [0, 0.1) is 17.8 Å². The number of nitrogens with one attached hydrogen (secondary N) is 1. The lowest BCUT2D eigenvalue weighted by molar-refractivity contribution is -0.0397. The fourth-order valence-corrected chi connectivity index (χ4v) is 9.47. The summed E-state index contributed by atoms with van der Waals surface area (Å²) in [6.45, 7) is 17.9. The normalized spacial score (nSPS) is 32.0. The number of hydrogen-bond acceptors (Lipinski definition) is 8. The highest BCUT2D eigenvalue weighted by atomic mass is 32.2. The number of allylic oxidation sites excluding steroid dienone is 1. The Morgan fingerprint density at radius 2 is 1.85 bits per heavy atom. The van der Waals surface area contributed by atoms with Crippen LogP contribution in [-0.2, 0) is 26.9 Å². The topological polar surface area (TPSA) is 83.6 Å². The van der Waals surface area contributed by atoms with Crippen molar-refractivity contribution >= 4 is 22.6 Å². The lowest BCUT2D eigenvalue weighted by atomic mass is 9.70. The second-order valence-corrected chi connectivity index (χ2v) is 17.1. The van der Waals surface area contributed by atoms with Gasteiger partial charge in [0.15, 0.2) is 0 Å². The summed E-state index contributed by atoms with van der Waals surface area (Å²) in [5, 5.41) is -0.178. The monoisotopic (exact) mass is 734 g/mol. The maximum Gasteiger partial charge on any atom is 0.263 e. The number of ether oxygens (including phenoxy) is 3. The van der Waals surface area contributed by atoms with Crippen molar-refractivity contribution in [3.8, 4) is 5.75 Å². The van der Waals surface area contributed by atoms with E-state index >= 15 is 0 Å². The Bertz CT molecular complexity index is 1540. The lowest BCUT2D eigenvalue weighted by Gasteiger charge is -2.44. The molecule has 4 aliphatic heterocycles. The zero-order chi connectivity index (χ0) is 36.6. The number of rotatable bonds is 5. The fraction of sp³-hybridized carbons (Fsp3) is 0.643. The SMILES string of the molecule is CCCc1ccccc1C1COc2ccc3cc2N(C1)CC1CCC1C(OCC)/C=C/CC(C)C(C)S(=O)NC3=O.CN1CCN2CCOCC2C1. The predicted molar refractivity (Wildman–Crippen MR) is 211 cm³/mol. The van der Waals surface area contributed by atoms with Gasteiger partial charge < -0.3 is 24.0 Å². The number of carbonyl (C=O) groups is 1. The molecule has 4 heterocycles. The highest BCUT2D eigenvalue weighted by Crippen LogP contribution is 2.43. The highest BCUT2D eigenvalue weighted by molar-refractivity contribution is 7.84. The second-order valence-electron chi connectivity index (χ2n) is 15.6. The van der Waals surface area contributed by atoms with Gasteiger partial charge in [-0.15, -0.1) is 0 Å². The maximum absolute atomic E-state index is 13.3. The minimum absolute atomic E-state index is 0.0782. The van der Waals surface area contributed by atoms with Crippen molar-refractivity contribution in [3.63, 3.8) is 0 Å². The van der Waals surface area contributed by atoms with Crippen LogP contribution in [-0.4, -0.2) is 110 Å². The van der Waals surface area contributed by atoms with Crippen molar-refractivity contribution in [1.82, 2.24) is 14.5 Å². The standard InChI is InChI=1S/C34H46N2O4S.C8H16N2O/c1-5-10-25-12-7-8-13-29(25)28-21-36-20-27-15-17-30(27)32(39-6-2)14-9-11-23(3)24(4)41(38)35-34(37)26-16-18-33(40-22-28)31(36)19-26;1-9-2-3-10-4-5-11-7-8(10)6-9/h7-9,12-14,16,18-19,23-24,27-28,30,32H,5-6,10-11,15,17,20-22H2,1-4H3,(H,35,37);8H,2-7H2,1H3/b14-9+;. The second kappa shape index (κ2) is 18.5. The Labute approximate surface area is 315 Å². The molecule has 3 fully saturated rings. The molecule has 1 aliphatic carbocycles. The van der Waals surface area contributed by atoms with Gasteiger partial charge in [0.05, 0.1) is 36.9 Å². The number of anilines is 1. The molecular formula is C42H62N4O5S. The summed E-state index contributed by atoms with van der Waals surface area (Å²) in [5.74, 6) is 1.80. The van der Waals surface area contributed by atoms with Crippen LogP contribution in [0.2, 0.25) is 0 Å². The number of likely N-dealkylation sites (N-methyl/N-ethyl adjacent to an activating group) is 1. The van der Waals surface area contributed by atoms with Crippen molar-refractivity contribution < 1.29 is 23.2 Å². The maximum atomic E-state index is 13.3. The largest absolute Gasteiger partial charge is 0.491 e. The van der Waals surface area contributed by atoms with Crippen LogP contribution in [0.25, 0.3) is 0 Å². The predicted octanol–water partition coefficient (Wildman–Crippen LogP) is 6.06. The molecule has 2 aromatic rings. The zero-order valence-electron chi connectivity index (χ0n) is 32.1. The van der Waals surface area contributed by atoms with Crippen LogP contribution in [0.5, 0.6) is 5.75 Å². The number of aryl methyl sites for hydroxylation is 1. The highest BCUT2D eigenvalue weighted by Gasteiger charge is 2.39. The van der Waals surface area contributed by atoms with E-state index in [0.29, 0.717) is 36.7 Å². The molecule has 9 nitrogen and oxygen atoms in total. The van der Waals surface area contributed by atoms with Crippen molar-refractivity contribution in [3.05, 3.63) is 71.3 Å². The van der Waals surface area contributed by atoms with Gasteiger partial charge in [-0.3, -0.25) is 14.4 Å². The molecule has 8 unspecified atom stereocenters. The first kappa shape index (κ1) is 38.9. The molecule has 52 heavy (non-hydrogen) atoms. The quantitative estimate of drug-likeness (QED) is 0.372. The molecule has 286 valence electrons. The van der Waals surface area contributed by atoms with Crippen molar-refractivity contribution in [1.29, 1.82) is 0 Å². The minimum atomic E-state index is -1.49. The van der Waals surface area contributed by atoms with Crippen LogP contribution < -0.4 is 14.4 Å². The first-order valence-corrected chi connectivity index (χ1v) is 21.1. The Hall–Kier alpha value is -2.76. The summed E-state index contributed by atoms with van der Waals surface area (Å²) in [6.07, 6.45) is 9.77. The van der Waals surface area contributed by atoms with Crippen LogP contribution in [0.1, 0.15) is 80.8 Å². The van der Waals surface area contributed by atoms with Gasteiger partial charge in [-0.1, -0.05) is 56.7 Å². The Morgan fingerprint density at radius 1 is 1.00 bits per heavy atom. The van der Waals surface area contributed by atoms with E-state index in [1.807, 2.05) is 19.1 Å². The number of amides is 1. The molecule has 1 saturated carbocycles. The van der Waals surface area contributed by atoms with Crippen LogP contribution >= 0.6 is 0 Å². The number of carbonyl (C=O) groups excluding carboxylic acids is 1. The molecule has 2 saturated heterocycles.